The number of alkyl halides is 3. The van der Waals surface area contributed by atoms with Crippen LogP contribution >= 0.6 is 0 Å². The van der Waals surface area contributed by atoms with E-state index in [0.29, 0.717) is 18.5 Å². The number of nitrogens with one attached hydrogen (secondary N) is 3. The van der Waals surface area contributed by atoms with E-state index in [1.807, 2.05) is 0 Å². The van der Waals surface area contributed by atoms with E-state index in [1.165, 1.54) is 0 Å². The Balaban J connectivity index is 2.03. The van der Waals surface area contributed by atoms with Gasteiger partial charge in [-0.25, -0.2) is 4.98 Å². The Morgan fingerprint density at radius 2 is 2.26 bits per heavy atom. The first kappa shape index (κ1) is 13.9. The lowest BCUT2D eigenvalue weighted by Crippen LogP contribution is -2.34. The van der Waals surface area contributed by atoms with E-state index in [0.717, 1.165) is 25.9 Å². The summed E-state index contributed by atoms with van der Waals surface area (Å²) in [5.41, 5.74) is -1.99. The van der Waals surface area contributed by atoms with Crippen LogP contribution in [0.1, 0.15) is 18.5 Å². The number of anilines is 1. The number of piperidine rings is 1. The standard InChI is InChI=1S/C11H15F3N4O/c12-11(13,14)8-4-9(19)18-10(17-8)16-6-7-2-1-3-15-5-7/h4,7,15H,1-3,5-6H2,(H2,16,17,18,19). The van der Waals surface area contributed by atoms with E-state index in [2.05, 4.69) is 20.6 Å². The number of rotatable bonds is 3. The molecule has 5 nitrogen and oxygen atoms in total. The molecule has 0 bridgehead atoms. The monoisotopic (exact) mass is 276 g/mol. The van der Waals surface area contributed by atoms with Crippen LogP contribution in [0, 0.1) is 5.92 Å². The molecule has 19 heavy (non-hydrogen) atoms. The smallest absolute Gasteiger partial charge is 0.355 e. The van der Waals surface area contributed by atoms with Gasteiger partial charge in [0.1, 0.15) is 0 Å². The van der Waals surface area contributed by atoms with Gasteiger partial charge in [0.2, 0.25) is 5.95 Å². The Morgan fingerprint density at radius 3 is 2.89 bits per heavy atom. The molecule has 0 saturated carbocycles. The molecule has 2 heterocycles. The van der Waals surface area contributed by atoms with E-state index in [1.54, 1.807) is 0 Å². The van der Waals surface area contributed by atoms with E-state index in [-0.39, 0.29) is 5.95 Å². The molecule has 3 N–H and O–H groups in total. The minimum Gasteiger partial charge on any atom is -0.355 e. The van der Waals surface area contributed by atoms with Gasteiger partial charge < -0.3 is 10.6 Å². The fraction of sp³-hybridized carbons (Fsp3) is 0.636. The van der Waals surface area contributed by atoms with Crippen LogP contribution in [-0.4, -0.2) is 29.6 Å². The lowest BCUT2D eigenvalue weighted by molar-refractivity contribution is -0.141. The molecular formula is C11H15F3N4O. The van der Waals surface area contributed by atoms with Crippen LogP contribution in [0.5, 0.6) is 0 Å². The number of halogens is 3. The molecule has 1 aromatic heterocycles. The first-order valence-corrected chi connectivity index (χ1v) is 6.08. The molecule has 1 aliphatic heterocycles. The van der Waals surface area contributed by atoms with Crippen LogP contribution in [0.3, 0.4) is 0 Å². The molecule has 0 spiro atoms. The predicted octanol–water partition coefficient (Wildman–Crippen LogP) is 1.20. The maximum atomic E-state index is 12.5. The van der Waals surface area contributed by atoms with E-state index < -0.39 is 17.4 Å². The SMILES string of the molecule is O=c1cc(C(F)(F)F)nc(NCC2CCCNC2)[nH]1. The summed E-state index contributed by atoms with van der Waals surface area (Å²) < 4.78 is 37.5. The second-order valence-corrected chi connectivity index (χ2v) is 4.57. The van der Waals surface area contributed by atoms with Crippen LogP contribution < -0.4 is 16.2 Å². The molecule has 0 aliphatic carbocycles. The number of hydrogen-bond acceptors (Lipinski definition) is 4. The molecule has 0 aromatic carbocycles. The second kappa shape index (κ2) is 5.60. The molecule has 8 heteroatoms. The lowest BCUT2D eigenvalue weighted by Gasteiger charge is -2.23. The van der Waals surface area contributed by atoms with Crippen LogP contribution in [0.25, 0.3) is 0 Å². The average molecular weight is 276 g/mol. The Morgan fingerprint density at radius 1 is 1.47 bits per heavy atom. The van der Waals surface area contributed by atoms with E-state index in [4.69, 9.17) is 0 Å². The summed E-state index contributed by atoms with van der Waals surface area (Å²) in [4.78, 5) is 16.8. The number of nitrogens with zero attached hydrogens (tertiary/aromatic N) is 1. The normalized spacial score (nSPS) is 20.3. The highest BCUT2D eigenvalue weighted by atomic mass is 19.4. The van der Waals surface area contributed by atoms with Gasteiger partial charge in [-0.1, -0.05) is 0 Å². The molecule has 0 amide bonds. The van der Waals surface area contributed by atoms with Crippen LogP contribution in [0.15, 0.2) is 10.9 Å². The van der Waals surface area contributed by atoms with Gasteiger partial charge in [-0.05, 0) is 31.8 Å². The minimum absolute atomic E-state index is 0.134. The van der Waals surface area contributed by atoms with Crippen LogP contribution in [-0.2, 0) is 6.18 Å². The third-order valence-electron chi connectivity index (χ3n) is 2.99. The number of hydrogen-bond donors (Lipinski definition) is 3. The van der Waals surface area contributed by atoms with Crippen LogP contribution in [0.4, 0.5) is 19.1 Å². The average Bonchev–Trinajstić information content (AvgIpc) is 2.36. The zero-order valence-electron chi connectivity index (χ0n) is 10.2. The lowest BCUT2D eigenvalue weighted by atomic mass is 10.00. The van der Waals surface area contributed by atoms with Crippen molar-refractivity contribution in [2.75, 3.05) is 25.0 Å². The van der Waals surface area contributed by atoms with Gasteiger partial charge in [0.25, 0.3) is 5.56 Å². The number of H-pyrrole nitrogens is 1. The van der Waals surface area contributed by atoms with Crippen molar-refractivity contribution in [3.8, 4) is 0 Å². The summed E-state index contributed by atoms with van der Waals surface area (Å²) in [6.07, 6.45) is -2.57. The highest BCUT2D eigenvalue weighted by molar-refractivity contribution is 5.26. The second-order valence-electron chi connectivity index (χ2n) is 4.57. The third kappa shape index (κ3) is 3.95. The molecule has 1 aromatic rings. The molecule has 1 fully saturated rings. The topological polar surface area (TPSA) is 69.8 Å². The van der Waals surface area contributed by atoms with Crippen molar-refractivity contribution in [1.82, 2.24) is 15.3 Å². The van der Waals surface area contributed by atoms with Gasteiger partial charge in [0.05, 0.1) is 0 Å². The maximum absolute atomic E-state index is 12.5. The van der Waals surface area contributed by atoms with Crippen molar-refractivity contribution in [3.05, 3.63) is 22.1 Å². The summed E-state index contributed by atoms with van der Waals surface area (Å²) in [6.45, 7) is 2.27. The number of aromatic nitrogens is 2. The molecule has 1 aliphatic rings. The highest BCUT2D eigenvalue weighted by Gasteiger charge is 2.33. The summed E-state index contributed by atoms with van der Waals surface area (Å²) in [5, 5.41) is 5.97. The Bertz CT molecular complexity index is 480. The third-order valence-corrected chi connectivity index (χ3v) is 2.99. The van der Waals surface area contributed by atoms with Crippen molar-refractivity contribution in [2.45, 2.75) is 19.0 Å². The van der Waals surface area contributed by atoms with Gasteiger partial charge in [0.15, 0.2) is 5.69 Å². The van der Waals surface area contributed by atoms with Gasteiger partial charge in [-0.15, -0.1) is 0 Å². The van der Waals surface area contributed by atoms with E-state index in [9.17, 15) is 18.0 Å². The van der Waals surface area contributed by atoms with Gasteiger partial charge in [-0.2, -0.15) is 13.2 Å². The van der Waals surface area contributed by atoms with Crippen molar-refractivity contribution >= 4 is 5.95 Å². The molecule has 1 saturated heterocycles. The molecule has 106 valence electrons. The largest absolute Gasteiger partial charge is 0.433 e. The van der Waals surface area contributed by atoms with Gasteiger partial charge in [-0.3, -0.25) is 9.78 Å². The molecule has 0 radical (unpaired) electrons. The Kier molecular flexibility index (Phi) is 4.08. The molecule has 1 atom stereocenters. The first-order chi connectivity index (χ1) is 8.95. The molecule has 2 rings (SSSR count). The Labute approximate surface area is 107 Å². The van der Waals surface area contributed by atoms with Crippen molar-refractivity contribution in [1.29, 1.82) is 0 Å². The molecular weight excluding hydrogens is 261 g/mol. The predicted molar refractivity (Wildman–Crippen MR) is 63.9 cm³/mol. The van der Waals surface area contributed by atoms with Crippen molar-refractivity contribution in [2.24, 2.45) is 5.92 Å². The Hall–Kier alpha value is -1.57. The minimum atomic E-state index is -4.61. The zero-order valence-corrected chi connectivity index (χ0v) is 10.2. The summed E-state index contributed by atoms with van der Waals surface area (Å²) >= 11 is 0. The van der Waals surface area contributed by atoms with Gasteiger partial charge >= 0.3 is 6.18 Å². The van der Waals surface area contributed by atoms with Crippen molar-refractivity contribution < 1.29 is 13.2 Å². The fourth-order valence-corrected chi connectivity index (χ4v) is 2.03. The van der Waals surface area contributed by atoms with Gasteiger partial charge in [0, 0.05) is 12.6 Å². The first-order valence-electron chi connectivity index (χ1n) is 6.08. The maximum Gasteiger partial charge on any atom is 0.433 e. The van der Waals surface area contributed by atoms with Crippen molar-refractivity contribution in [3.63, 3.8) is 0 Å². The number of aromatic amines is 1. The fourth-order valence-electron chi connectivity index (χ4n) is 2.03. The van der Waals surface area contributed by atoms with Crippen LogP contribution in [0.2, 0.25) is 0 Å². The quantitative estimate of drug-likeness (QED) is 0.776. The summed E-state index contributed by atoms with van der Waals surface area (Å²) in [5.74, 6) is 0.194. The highest BCUT2D eigenvalue weighted by Crippen LogP contribution is 2.26. The molecule has 1 unspecified atom stereocenters. The van der Waals surface area contributed by atoms with E-state index >= 15 is 0 Å². The summed E-state index contributed by atoms with van der Waals surface area (Å²) in [7, 11) is 0. The summed E-state index contributed by atoms with van der Waals surface area (Å²) in [6, 6.07) is 0.452. The zero-order chi connectivity index (χ0) is 13.9.